The molecular formula is C20H31FIN5O. The number of aliphatic imine (C=N–C) groups is 1. The first-order chi connectivity index (χ1) is 13.0. The molecule has 1 aromatic heterocycles. The van der Waals surface area contributed by atoms with Crippen molar-refractivity contribution in [2.75, 3.05) is 19.7 Å². The number of unbranched alkanes of at least 4 members (excludes halogenated alkanes) is 1. The first-order valence-corrected chi connectivity index (χ1v) is 9.41. The largest absolute Gasteiger partial charge is 0.494 e. The molecule has 0 spiro atoms. The lowest BCUT2D eigenvalue weighted by molar-refractivity contribution is 0.306. The molecule has 0 fully saturated rings. The summed E-state index contributed by atoms with van der Waals surface area (Å²) in [6.07, 6.45) is 1.86. The van der Waals surface area contributed by atoms with Crippen molar-refractivity contribution in [3.8, 4) is 5.75 Å². The maximum Gasteiger partial charge on any atom is 0.191 e. The number of hydrogen-bond donors (Lipinski definition) is 2. The summed E-state index contributed by atoms with van der Waals surface area (Å²) >= 11 is 0. The maximum atomic E-state index is 12.8. The van der Waals surface area contributed by atoms with Crippen molar-refractivity contribution in [1.29, 1.82) is 0 Å². The fourth-order valence-electron chi connectivity index (χ4n) is 2.70. The smallest absolute Gasteiger partial charge is 0.191 e. The quantitative estimate of drug-likeness (QED) is 0.237. The molecule has 1 aromatic carbocycles. The summed E-state index contributed by atoms with van der Waals surface area (Å²) in [5.74, 6) is 1.25. The lowest BCUT2D eigenvalue weighted by atomic mass is 10.2. The molecule has 8 heteroatoms. The van der Waals surface area contributed by atoms with Crippen molar-refractivity contribution < 1.29 is 9.13 Å². The molecule has 0 aliphatic carbocycles. The molecule has 0 bridgehead atoms. The summed E-state index contributed by atoms with van der Waals surface area (Å²) in [5, 5.41) is 11.0. The average Bonchev–Trinajstić information content (AvgIpc) is 2.89. The van der Waals surface area contributed by atoms with Crippen LogP contribution in [-0.4, -0.2) is 35.4 Å². The van der Waals surface area contributed by atoms with E-state index in [0.717, 1.165) is 43.3 Å². The summed E-state index contributed by atoms with van der Waals surface area (Å²) in [6.45, 7) is 8.96. The predicted molar refractivity (Wildman–Crippen MR) is 122 cm³/mol. The molecule has 0 radical (unpaired) electrons. The Balaban J connectivity index is 0.00000392. The van der Waals surface area contributed by atoms with Crippen LogP contribution in [0.15, 0.2) is 29.3 Å². The molecule has 0 atom stereocenters. The van der Waals surface area contributed by atoms with Gasteiger partial charge in [0.05, 0.1) is 18.8 Å². The highest BCUT2D eigenvalue weighted by atomic mass is 127. The fraction of sp³-hybridized carbons (Fsp3) is 0.500. The van der Waals surface area contributed by atoms with Crippen LogP contribution < -0.4 is 15.4 Å². The van der Waals surface area contributed by atoms with Gasteiger partial charge in [-0.1, -0.05) is 0 Å². The Morgan fingerprint density at radius 2 is 1.89 bits per heavy atom. The minimum Gasteiger partial charge on any atom is -0.494 e. The van der Waals surface area contributed by atoms with E-state index in [2.05, 4.69) is 27.6 Å². The van der Waals surface area contributed by atoms with Crippen LogP contribution >= 0.6 is 24.0 Å². The summed E-state index contributed by atoms with van der Waals surface area (Å²) in [4.78, 5) is 4.67. The predicted octanol–water partition coefficient (Wildman–Crippen LogP) is 3.71. The molecule has 156 valence electrons. The molecule has 2 aromatic rings. The van der Waals surface area contributed by atoms with Crippen molar-refractivity contribution in [1.82, 2.24) is 20.4 Å². The van der Waals surface area contributed by atoms with Gasteiger partial charge in [-0.25, -0.2) is 9.38 Å². The van der Waals surface area contributed by atoms with Crippen LogP contribution in [0.25, 0.3) is 0 Å². The standard InChI is InChI=1S/C20H30FN5O.HI/c1-5-22-20(24-14-19-15(2)25-26(4)16(19)3)23-12-6-7-13-27-18-10-8-17(21)9-11-18;/h8-11H,5-7,12-14H2,1-4H3,(H2,22,23,24);1H. The molecular weight excluding hydrogens is 472 g/mol. The Kier molecular flexibility index (Phi) is 10.9. The Morgan fingerprint density at radius 1 is 1.18 bits per heavy atom. The van der Waals surface area contributed by atoms with Gasteiger partial charge in [0.1, 0.15) is 11.6 Å². The number of hydrogen-bond acceptors (Lipinski definition) is 3. The number of ether oxygens (including phenoxy) is 1. The molecule has 0 saturated heterocycles. The molecule has 1 heterocycles. The SMILES string of the molecule is CCNC(=NCc1c(C)nn(C)c1C)NCCCCOc1ccc(F)cc1.I. The summed E-state index contributed by atoms with van der Waals surface area (Å²) in [7, 11) is 1.95. The maximum absolute atomic E-state index is 12.8. The van der Waals surface area contributed by atoms with E-state index in [-0.39, 0.29) is 29.8 Å². The van der Waals surface area contributed by atoms with Crippen LogP contribution in [0.4, 0.5) is 4.39 Å². The number of aromatic nitrogens is 2. The van der Waals surface area contributed by atoms with Crippen LogP contribution in [0.1, 0.15) is 36.7 Å². The van der Waals surface area contributed by atoms with Crippen molar-refractivity contribution in [3.63, 3.8) is 0 Å². The van der Waals surface area contributed by atoms with Gasteiger partial charge in [-0.2, -0.15) is 5.10 Å². The molecule has 6 nitrogen and oxygen atoms in total. The average molecular weight is 503 g/mol. The van der Waals surface area contributed by atoms with Crippen LogP contribution in [0, 0.1) is 19.7 Å². The Labute approximate surface area is 184 Å². The highest BCUT2D eigenvalue weighted by Gasteiger charge is 2.08. The van der Waals surface area contributed by atoms with E-state index < -0.39 is 0 Å². The third-order valence-electron chi connectivity index (χ3n) is 4.34. The number of nitrogens with one attached hydrogen (secondary N) is 2. The van der Waals surface area contributed by atoms with Gasteiger partial charge in [-0.05, 0) is 57.9 Å². The highest BCUT2D eigenvalue weighted by molar-refractivity contribution is 14.0. The molecule has 28 heavy (non-hydrogen) atoms. The lowest BCUT2D eigenvalue weighted by Gasteiger charge is -2.11. The number of benzene rings is 1. The number of rotatable bonds is 9. The van der Waals surface area contributed by atoms with E-state index >= 15 is 0 Å². The third-order valence-corrected chi connectivity index (χ3v) is 4.34. The van der Waals surface area contributed by atoms with Gasteiger partial charge < -0.3 is 15.4 Å². The van der Waals surface area contributed by atoms with Gasteiger partial charge in [0, 0.05) is 31.4 Å². The van der Waals surface area contributed by atoms with Crippen LogP contribution in [0.5, 0.6) is 5.75 Å². The first kappa shape index (κ1) is 24.2. The van der Waals surface area contributed by atoms with Gasteiger partial charge in [-0.15, -0.1) is 24.0 Å². The second-order valence-electron chi connectivity index (χ2n) is 6.40. The first-order valence-electron chi connectivity index (χ1n) is 9.41. The third kappa shape index (κ3) is 7.65. The van der Waals surface area contributed by atoms with Crippen LogP contribution in [-0.2, 0) is 13.6 Å². The number of guanidine groups is 1. The molecule has 0 aliphatic rings. The van der Waals surface area contributed by atoms with E-state index in [4.69, 9.17) is 4.74 Å². The number of aryl methyl sites for hydroxylation is 2. The molecule has 0 amide bonds. The summed E-state index contributed by atoms with van der Waals surface area (Å²) in [6, 6.07) is 6.10. The van der Waals surface area contributed by atoms with Gasteiger partial charge in [0.25, 0.3) is 0 Å². The van der Waals surface area contributed by atoms with E-state index in [0.29, 0.717) is 18.9 Å². The number of nitrogens with zero attached hydrogens (tertiary/aromatic N) is 3. The van der Waals surface area contributed by atoms with Crippen LogP contribution in [0.3, 0.4) is 0 Å². The van der Waals surface area contributed by atoms with Gasteiger partial charge in [0.15, 0.2) is 5.96 Å². The Morgan fingerprint density at radius 3 is 2.50 bits per heavy atom. The van der Waals surface area contributed by atoms with E-state index in [9.17, 15) is 4.39 Å². The van der Waals surface area contributed by atoms with Crippen molar-refractivity contribution in [3.05, 3.63) is 47.0 Å². The Hall–Kier alpha value is -1.84. The lowest BCUT2D eigenvalue weighted by Crippen LogP contribution is -2.37. The molecule has 2 N–H and O–H groups in total. The minimum atomic E-state index is -0.251. The summed E-state index contributed by atoms with van der Waals surface area (Å²) < 4.78 is 20.3. The normalized spacial score (nSPS) is 11.1. The zero-order chi connectivity index (χ0) is 19.6. The van der Waals surface area contributed by atoms with E-state index in [1.54, 1.807) is 12.1 Å². The van der Waals surface area contributed by atoms with Crippen molar-refractivity contribution in [2.45, 2.75) is 40.2 Å². The van der Waals surface area contributed by atoms with Crippen molar-refractivity contribution >= 4 is 29.9 Å². The molecule has 0 unspecified atom stereocenters. The second kappa shape index (κ2) is 12.6. The Bertz CT molecular complexity index is 746. The van der Waals surface area contributed by atoms with Crippen LogP contribution in [0.2, 0.25) is 0 Å². The molecule has 0 aliphatic heterocycles. The van der Waals surface area contributed by atoms with Gasteiger partial charge in [0.2, 0.25) is 0 Å². The van der Waals surface area contributed by atoms with E-state index in [1.165, 1.54) is 17.7 Å². The topological polar surface area (TPSA) is 63.5 Å². The monoisotopic (exact) mass is 503 g/mol. The zero-order valence-electron chi connectivity index (χ0n) is 17.1. The summed E-state index contributed by atoms with van der Waals surface area (Å²) in [5.41, 5.74) is 3.33. The minimum absolute atomic E-state index is 0. The van der Waals surface area contributed by atoms with Crippen molar-refractivity contribution in [2.24, 2.45) is 12.0 Å². The second-order valence-corrected chi connectivity index (χ2v) is 6.40. The molecule has 2 rings (SSSR count). The number of halogens is 2. The van der Waals surface area contributed by atoms with Gasteiger partial charge in [-0.3, -0.25) is 4.68 Å². The zero-order valence-corrected chi connectivity index (χ0v) is 19.4. The molecule has 0 saturated carbocycles. The fourth-order valence-corrected chi connectivity index (χ4v) is 2.70. The van der Waals surface area contributed by atoms with E-state index in [1.807, 2.05) is 25.6 Å². The highest BCUT2D eigenvalue weighted by Crippen LogP contribution is 2.13. The van der Waals surface area contributed by atoms with Gasteiger partial charge >= 0.3 is 0 Å².